The zero-order chi connectivity index (χ0) is 11.6. The van der Waals surface area contributed by atoms with Gasteiger partial charge < -0.3 is 15.0 Å². The molecule has 2 rings (SSSR count). The van der Waals surface area contributed by atoms with Crippen LogP contribution in [0.15, 0.2) is 24.3 Å². The Hall–Kier alpha value is -1.22. The van der Waals surface area contributed by atoms with Gasteiger partial charge in [0.2, 0.25) is 0 Å². The van der Waals surface area contributed by atoms with Gasteiger partial charge in [0, 0.05) is 37.4 Å². The Bertz CT molecular complexity index is 341. The molecule has 1 fully saturated rings. The van der Waals surface area contributed by atoms with Crippen LogP contribution < -0.4 is 10.2 Å². The van der Waals surface area contributed by atoms with E-state index in [0.29, 0.717) is 5.41 Å². The highest BCUT2D eigenvalue weighted by atomic mass is 16.5. The van der Waals surface area contributed by atoms with Crippen molar-refractivity contribution in [3.05, 3.63) is 24.3 Å². The fourth-order valence-electron chi connectivity index (χ4n) is 1.75. The Labute approximate surface area is 97.4 Å². The minimum atomic E-state index is 0.320. The molecule has 0 radical (unpaired) electrons. The molecule has 0 spiro atoms. The van der Waals surface area contributed by atoms with Crippen LogP contribution in [-0.4, -0.2) is 33.9 Å². The van der Waals surface area contributed by atoms with Crippen molar-refractivity contribution in [1.82, 2.24) is 0 Å². The van der Waals surface area contributed by atoms with Gasteiger partial charge in [0.1, 0.15) is 0 Å². The Morgan fingerprint density at radius 3 is 2.31 bits per heavy atom. The van der Waals surface area contributed by atoms with Gasteiger partial charge >= 0.3 is 0 Å². The molecule has 16 heavy (non-hydrogen) atoms. The van der Waals surface area contributed by atoms with Crippen molar-refractivity contribution in [2.24, 2.45) is 5.41 Å². The van der Waals surface area contributed by atoms with E-state index in [0.717, 1.165) is 19.8 Å². The molecule has 1 heterocycles. The average molecular weight is 220 g/mol. The van der Waals surface area contributed by atoms with E-state index in [1.54, 1.807) is 0 Å². The van der Waals surface area contributed by atoms with E-state index in [9.17, 15) is 0 Å². The number of benzene rings is 1. The molecule has 0 amide bonds. The molecule has 0 aromatic heterocycles. The van der Waals surface area contributed by atoms with Gasteiger partial charge in [0.25, 0.3) is 0 Å². The third-order valence-electron chi connectivity index (χ3n) is 3.00. The average Bonchev–Trinajstić information content (AvgIpc) is 2.24. The maximum atomic E-state index is 5.23. The van der Waals surface area contributed by atoms with E-state index < -0.39 is 0 Å². The van der Waals surface area contributed by atoms with Crippen LogP contribution in [0.1, 0.15) is 6.92 Å². The maximum Gasteiger partial charge on any atom is 0.0559 e. The molecule has 0 aliphatic carbocycles. The van der Waals surface area contributed by atoms with Gasteiger partial charge in [0.15, 0.2) is 0 Å². The lowest BCUT2D eigenvalue weighted by molar-refractivity contribution is -0.0924. The van der Waals surface area contributed by atoms with Crippen molar-refractivity contribution in [3.8, 4) is 0 Å². The Morgan fingerprint density at radius 1 is 1.25 bits per heavy atom. The van der Waals surface area contributed by atoms with E-state index in [-0.39, 0.29) is 0 Å². The summed E-state index contributed by atoms with van der Waals surface area (Å²) >= 11 is 0. The summed E-state index contributed by atoms with van der Waals surface area (Å²) in [5.74, 6) is 0. The lowest BCUT2D eigenvalue weighted by Crippen LogP contribution is -2.45. The zero-order valence-electron chi connectivity index (χ0n) is 10.3. The van der Waals surface area contributed by atoms with Crippen molar-refractivity contribution in [1.29, 1.82) is 0 Å². The zero-order valence-corrected chi connectivity index (χ0v) is 10.3. The fraction of sp³-hybridized carbons (Fsp3) is 0.538. The summed E-state index contributed by atoms with van der Waals surface area (Å²) in [6, 6.07) is 8.50. The number of ether oxygens (including phenoxy) is 1. The summed E-state index contributed by atoms with van der Waals surface area (Å²) in [6.07, 6.45) is 0. The quantitative estimate of drug-likeness (QED) is 0.842. The van der Waals surface area contributed by atoms with E-state index in [2.05, 4.69) is 55.5 Å². The van der Waals surface area contributed by atoms with Crippen LogP contribution in [0.5, 0.6) is 0 Å². The van der Waals surface area contributed by atoms with Gasteiger partial charge in [-0.05, 0) is 24.3 Å². The summed E-state index contributed by atoms with van der Waals surface area (Å²) in [5.41, 5.74) is 2.72. The summed E-state index contributed by atoms with van der Waals surface area (Å²) in [5, 5.41) is 3.45. The first-order chi connectivity index (χ1) is 7.59. The smallest absolute Gasteiger partial charge is 0.0559 e. The minimum absolute atomic E-state index is 0.320. The monoisotopic (exact) mass is 220 g/mol. The Kier molecular flexibility index (Phi) is 3.06. The van der Waals surface area contributed by atoms with Crippen LogP contribution in [0.3, 0.4) is 0 Å². The van der Waals surface area contributed by atoms with Crippen LogP contribution in [0, 0.1) is 5.41 Å². The van der Waals surface area contributed by atoms with Crippen LogP contribution in [-0.2, 0) is 4.74 Å². The highest BCUT2D eigenvalue weighted by Crippen LogP contribution is 2.27. The second-order valence-corrected chi connectivity index (χ2v) is 5.10. The molecule has 3 heteroatoms. The Balaban J connectivity index is 1.90. The number of hydrogen-bond donors (Lipinski definition) is 1. The van der Waals surface area contributed by atoms with Crippen molar-refractivity contribution >= 4 is 11.4 Å². The standard InChI is InChI=1S/C13H20N2O/c1-13(9-16-10-13)8-14-11-4-6-12(7-5-11)15(2)3/h4-7,14H,8-10H2,1-3H3. The van der Waals surface area contributed by atoms with Crippen LogP contribution in [0.25, 0.3) is 0 Å². The van der Waals surface area contributed by atoms with E-state index >= 15 is 0 Å². The molecule has 1 aliphatic rings. The SMILES string of the molecule is CN(C)c1ccc(NCC2(C)COC2)cc1. The van der Waals surface area contributed by atoms with Gasteiger partial charge in [-0.15, -0.1) is 0 Å². The van der Waals surface area contributed by atoms with Gasteiger partial charge in [-0.2, -0.15) is 0 Å². The van der Waals surface area contributed by atoms with Crippen LogP contribution in [0.2, 0.25) is 0 Å². The van der Waals surface area contributed by atoms with Crippen molar-refractivity contribution in [2.45, 2.75) is 6.92 Å². The molecule has 1 saturated heterocycles. The molecule has 0 atom stereocenters. The summed E-state index contributed by atoms with van der Waals surface area (Å²) in [7, 11) is 4.10. The van der Waals surface area contributed by atoms with Crippen molar-refractivity contribution in [2.75, 3.05) is 44.1 Å². The third-order valence-corrected chi connectivity index (χ3v) is 3.00. The molecule has 1 aliphatic heterocycles. The number of hydrogen-bond acceptors (Lipinski definition) is 3. The van der Waals surface area contributed by atoms with Crippen LogP contribution >= 0.6 is 0 Å². The van der Waals surface area contributed by atoms with E-state index in [1.165, 1.54) is 11.4 Å². The van der Waals surface area contributed by atoms with Gasteiger partial charge in [-0.3, -0.25) is 0 Å². The highest BCUT2D eigenvalue weighted by molar-refractivity contribution is 5.54. The predicted octanol–water partition coefficient (Wildman–Crippen LogP) is 2.20. The fourth-order valence-corrected chi connectivity index (χ4v) is 1.75. The van der Waals surface area contributed by atoms with E-state index in [1.807, 2.05) is 0 Å². The van der Waals surface area contributed by atoms with Crippen LogP contribution in [0.4, 0.5) is 11.4 Å². The molecule has 0 saturated carbocycles. The minimum Gasteiger partial charge on any atom is -0.384 e. The topological polar surface area (TPSA) is 24.5 Å². The molecule has 3 nitrogen and oxygen atoms in total. The molecule has 88 valence electrons. The van der Waals surface area contributed by atoms with Gasteiger partial charge in [-0.25, -0.2) is 0 Å². The maximum absolute atomic E-state index is 5.23. The Morgan fingerprint density at radius 2 is 1.88 bits per heavy atom. The second kappa shape index (κ2) is 4.34. The number of nitrogens with zero attached hydrogens (tertiary/aromatic N) is 1. The molecular formula is C13H20N2O. The largest absolute Gasteiger partial charge is 0.384 e. The molecule has 1 aromatic rings. The lowest BCUT2D eigenvalue weighted by atomic mass is 9.89. The van der Waals surface area contributed by atoms with E-state index in [4.69, 9.17) is 4.74 Å². The predicted molar refractivity (Wildman–Crippen MR) is 68.2 cm³/mol. The van der Waals surface area contributed by atoms with Crippen molar-refractivity contribution in [3.63, 3.8) is 0 Å². The molecule has 1 N–H and O–H groups in total. The highest BCUT2D eigenvalue weighted by Gasteiger charge is 2.32. The summed E-state index contributed by atoms with van der Waals surface area (Å²) < 4.78 is 5.23. The molecule has 0 unspecified atom stereocenters. The van der Waals surface area contributed by atoms with Gasteiger partial charge in [0.05, 0.1) is 13.2 Å². The second-order valence-electron chi connectivity index (χ2n) is 5.10. The first-order valence-corrected chi connectivity index (χ1v) is 5.68. The first kappa shape index (κ1) is 11.3. The first-order valence-electron chi connectivity index (χ1n) is 5.68. The van der Waals surface area contributed by atoms with Gasteiger partial charge in [-0.1, -0.05) is 6.92 Å². The molecule has 0 bridgehead atoms. The number of anilines is 2. The molecular weight excluding hydrogens is 200 g/mol. The number of nitrogens with one attached hydrogen (secondary N) is 1. The van der Waals surface area contributed by atoms with Crippen molar-refractivity contribution < 1.29 is 4.74 Å². The number of rotatable bonds is 4. The summed E-state index contributed by atoms with van der Waals surface area (Å²) in [4.78, 5) is 2.10. The lowest BCUT2D eigenvalue weighted by Gasteiger charge is -2.38. The third kappa shape index (κ3) is 2.47. The normalized spacial score (nSPS) is 17.7. The molecule has 1 aromatic carbocycles. The summed E-state index contributed by atoms with van der Waals surface area (Å²) in [6.45, 7) is 4.97.